The van der Waals surface area contributed by atoms with Crippen molar-refractivity contribution in [1.29, 1.82) is 0 Å². The zero-order valence-corrected chi connectivity index (χ0v) is 21.8. The summed E-state index contributed by atoms with van der Waals surface area (Å²) >= 11 is 0. The van der Waals surface area contributed by atoms with Crippen LogP contribution in [0.1, 0.15) is 27.2 Å². The molecule has 0 fully saturated rings. The minimum absolute atomic E-state index is 0.0792. The number of hydrogen-bond donors (Lipinski definition) is 0. The molecular formula is C26H27F4N3O3Si. The van der Waals surface area contributed by atoms with Crippen molar-refractivity contribution in [2.24, 2.45) is 0 Å². The first-order chi connectivity index (χ1) is 17.4. The molecule has 1 amide bonds. The summed E-state index contributed by atoms with van der Waals surface area (Å²) in [5.41, 5.74) is 2.05. The van der Waals surface area contributed by atoms with E-state index in [1.807, 2.05) is 0 Å². The van der Waals surface area contributed by atoms with E-state index in [4.69, 9.17) is 9.57 Å². The largest absolute Gasteiger partial charge is 0.458 e. The van der Waals surface area contributed by atoms with Crippen LogP contribution in [0.15, 0.2) is 36.7 Å². The van der Waals surface area contributed by atoms with Crippen molar-refractivity contribution in [3.8, 4) is 11.8 Å². The van der Waals surface area contributed by atoms with Gasteiger partial charge in [-0.05, 0) is 35.7 Å². The molecule has 37 heavy (non-hydrogen) atoms. The normalized spacial score (nSPS) is 14.0. The zero-order valence-electron chi connectivity index (χ0n) is 20.8. The van der Waals surface area contributed by atoms with Crippen LogP contribution in [-0.4, -0.2) is 54.7 Å². The molecule has 3 heterocycles. The van der Waals surface area contributed by atoms with E-state index >= 15 is 0 Å². The van der Waals surface area contributed by atoms with Crippen molar-refractivity contribution < 1.29 is 31.9 Å². The molecule has 0 unspecified atom stereocenters. The van der Waals surface area contributed by atoms with Crippen LogP contribution in [0.5, 0.6) is 0 Å². The van der Waals surface area contributed by atoms with Crippen LogP contribution >= 0.6 is 0 Å². The molecule has 0 saturated heterocycles. The van der Waals surface area contributed by atoms with Gasteiger partial charge in [-0.3, -0.25) is 4.79 Å². The van der Waals surface area contributed by atoms with Gasteiger partial charge in [0.25, 0.3) is 5.91 Å². The maximum absolute atomic E-state index is 13.3. The Balaban J connectivity index is 1.62. The van der Waals surface area contributed by atoms with E-state index in [-0.39, 0.29) is 37.0 Å². The third-order valence-electron chi connectivity index (χ3n) is 5.91. The Hall–Kier alpha value is -3.20. The standard InChI is InChI=1S/C26H27F4N3O3Si/c1-37(2,3)13-12-35-17-36-33-11-9-21-23-19(8-10-26(28,29)30)16-32(15-18-4-6-20(27)7-5-18)22(23)14-31-24(21)25(33)34/h4-7,14,16H,9,11-13,15,17H2,1-3H3. The Kier molecular flexibility index (Phi) is 7.73. The summed E-state index contributed by atoms with van der Waals surface area (Å²) in [6.45, 7) is 7.61. The highest BCUT2D eigenvalue weighted by Gasteiger charge is 2.30. The SMILES string of the molecule is C[Si](C)(C)CCOCON1CCc2c(ncc3c2c(C#CC(F)(F)F)cn3Cc2ccc(F)cc2)C1=O. The fourth-order valence-electron chi connectivity index (χ4n) is 4.02. The van der Waals surface area contributed by atoms with E-state index in [9.17, 15) is 22.4 Å². The van der Waals surface area contributed by atoms with Crippen molar-refractivity contribution in [1.82, 2.24) is 14.6 Å². The molecule has 3 aromatic rings. The molecule has 0 radical (unpaired) electrons. The number of fused-ring (bicyclic) bond motifs is 3. The molecule has 1 aliphatic rings. The number of pyridine rings is 1. The number of hydrogen-bond acceptors (Lipinski definition) is 4. The minimum Gasteiger partial charge on any atom is -0.353 e. The molecular weight excluding hydrogens is 506 g/mol. The molecule has 2 aromatic heterocycles. The summed E-state index contributed by atoms with van der Waals surface area (Å²) in [6.07, 6.45) is -1.40. The number of aromatic nitrogens is 2. The number of nitrogens with zero attached hydrogens (tertiary/aromatic N) is 3. The lowest BCUT2D eigenvalue weighted by molar-refractivity contribution is -0.195. The van der Waals surface area contributed by atoms with Crippen LogP contribution in [0.2, 0.25) is 25.7 Å². The van der Waals surface area contributed by atoms with Crippen molar-refractivity contribution in [3.05, 3.63) is 64.9 Å². The Bertz CT molecular complexity index is 1350. The second kappa shape index (κ2) is 10.7. The second-order valence-corrected chi connectivity index (χ2v) is 15.6. The Morgan fingerprint density at radius 2 is 1.89 bits per heavy atom. The smallest absolute Gasteiger partial charge is 0.353 e. The van der Waals surface area contributed by atoms with Crippen molar-refractivity contribution >= 4 is 24.9 Å². The van der Waals surface area contributed by atoms with Crippen LogP contribution in [0.3, 0.4) is 0 Å². The summed E-state index contributed by atoms with van der Waals surface area (Å²) in [5, 5.41) is 1.62. The first-order valence-corrected chi connectivity index (χ1v) is 15.5. The van der Waals surface area contributed by atoms with Crippen molar-refractivity contribution in [3.63, 3.8) is 0 Å². The molecule has 0 atom stereocenters. The fourth-order valence-corrected chi connectivity index (χ4v) is 4.78. The first kappa shape index (κ1) is 26.8. The topological polar surface area (TPSA) is 56.6 Å². The number of alkyl halides is 3. The maximum atomic E-state index is 13.3. The van der Waals surface area contributed by atoms with Gasteiger partial charge in [-0.25, -0.2) is 19.3 Å². The minimum atomic E-state index is -4.67. The third kappa shape index (κ3) is 6.77. The summed E-state index contributed by atoms with van der Waals surface area (Å²) in [6, 6.07) is 6.78. The molecule has 11 heteroatoms. The van der Waals surface area contributed by atoms with Crippen molar-refractivity contribution in [2.45, 2.75) is 44.8 Å². The molecule has 1 aromatic carbocycles. The first-order valence-electron chi connectivity index (χ1n) is 11.8. The lowest BCUT2D eigenvalue weighted by Gasteiger charge is -2.27. The summed E-state index contributed by atoms with van der Waals surface area (Å²) in [7, 11) is -1.25. The number of rotatable bonds is 8. The maximum Gasteiger partial charge on any atom is 0.458 e. The molecule has 0 spiro atoms. The molecule has 4 rings (SSSR count). The molecule has 6 nitrogen and oxygen atoms in total. The number of halogens is 4. The van der Waals surface area contributed by atoms with Gasteiger partial charge in [0.2, 0.25) is 0 Å². The van der Waals surface area contributed by atoms with Crippen LogP contribution < -0.4 is 0 Å². The highest BCUT2D eigenvalue weighted by atomic mass is 28.3. The molecule has 0 saturated carbocycles. The summed E-state index contributed by atoms with van der Waals surface area (Å²) in [5.74, 6) is 2.67. The average molecular weight is 534 g/mol. The molecule has 0 bridgehead atoms. The monoisotopic (exact) mass is 533 g/mol. The van der Waals surface area contributed by atoms with Gasteiger partial charge in [0, 0.05) is 38.7 Å². The van der Waals surface area contributed by atoms with Crippen LogP contribution in [0.25, 0.3) is 10.9 Å². The van der Waals surface area contributed by atoms with Gasteiger partial charge < -0.3 is 9.30 Å². The highest BCUT2D eigenvalue weighted by Crippen LogP contribution is 2.31. The zero-order chi connectivity index (χ0) is 26.8. The van der Waals surface area contributed by atoms with Gasteiger partial charge in [0.1, 0.15) is 11.5 Å². The Labute approximate surface area is 213 Å². The molecule has 1 aliphatic heterocycles. The average Bonchev–Trinajstić information content (AvgIpc) is 3.17. The number of ether oxygens (including phenoxy) is 1. The predicted molar refractivity (Wildman–Crippen MR) is 133 cm³/mol. The number of hydroxylamine groups is 2. The lowest BCUT2D eigenvalue weighted by Crippen LogP contribution is -2.39. The van der Waals surface area contributed by atoms with Crippen LogP contribution in [-0.2, 0) is 22.5 Å². The Morgan fingerprint density at radius 1 is 1.16 bits per heavy atom. The van der Waals surface area contributed by atoms with Gasteiger partial charge in [-0.2, -0.15) is 13.2 Å². The van der Waals surface area contributed by atoms with Gasteiger partial charge in [-0.15, -0.1) is 0 Å². The molecule has 0 N–H and O–H groups in total. The molecule has 196 valence electrons. The number of benzene rings is 1. The van der Waals surface area contributed by atoms with Crippen LogP contribution in [0.4, 0.5) is 17.6 Å². The van der Waals surface area contributed by atoms with E-state index < -0.39 is 20.2 Å². The predicted octanol–water partition coefficient (Wildman–Crippen LogP) is 5.38. The Morgan fingerprint density at radius 3 is 2.57 bits per heavy atom. The summed E-state index contributed by atoms with van der Waals surface area (Å²) in [4.78, 5) is 22.9. The van der Waals surface area contributed by atoms with Gasteiger partial charge in [0.05, 0.1) is 23.8 Å². The third-order valence-corrected chi connectivity index (χ3v) is 7.61. The fraction of sp³-hybridized carbons (Fsp3) is 0.385. The summed E-state index contributed by atoms with van der Waals surface area (Å²) < 4.78 is 59.3. The van der Waals surface area contributed by atoms with Crippen LogP contribution in [0, 0.1) is 17.7 Å². The van der Waals surface area contributed by atoms with E-state index in [1.165, 1.54) is 35.5 Å². The highest BCUT2D eigenvalue weighted by molar-refractivity contribution is 6.76. The number of carbonyl (C=O) groups excluding carboxylic acids is 1. The second-order valence-electron chi connectivity index (χ2n) is 10.0. The quantitative estimate of drug-likeness (QED) is 0.128. The van der Waals surface area contributed by atoms with Crippen molar-refractivity contribution in [2.75, 3.05) is 19.9 Å². The number of amides is 1. The van der Waals surface area contributed by atoms with E-state index in [0.717, 1.165) is 11.6 Å². The van der Waals surface area contributed by atoms with E-state index in [0.29, 0.717) is 29.5 Å². The molecule has 0 aliphatic carbocycles. The lowest BCUT2D eigenvalue weighted by atomic mass is 9.99. The van der Waals surface area contributed by atoms with Gasteiger partial charge in [-0.1, -0.05) is 37.7 Å². The van der Waals surface area contributed by atoms with Gasteiger partial charge >= 0.3 is 6.18 Å². The van der Waals surface area contributed by atoms with E-state index in [1.54, 1.807) is 16.7 Å². The number of carbonyl (C=O) groups is 1. The van der Waals surface area contributed by atoms with E-state index in [2.05, 4.69) is 30.5 Å². The van der Waals surface area contributed by atoms with Gasteiger partial charge in [0.15, 0.2) is 6.79 Å².